The van der Waals surface area contributed by atoms with E-state index in [4.69, 9.17) is 9.47 Å². The molecule has 1 aromatic carbocycles. The fourth-order valence-corrected chi connectivity index (χ4v) is 3.01. The van der Waals surface area contributed by atoms with Gasteiger partial charge in [-0.15, -0.1) is 0 Å². The van der Waals surface area contributed by atoms with Gasteiger partial charge in [-0.05, 0) is 26.8 Å². The van der Waals surface area contributed by atoms with Crippen molar-refractivity contribution >= 4 is 24.1 Å². The summed E-state index contributed by atoms with van der Waals surface area (Å²) in [4.78, 5) is 47.2. The second-order valence-corrected chi connectivity index (χ2v) is 7.83. The third-order valence-electron chi connectivity index (χ3n) is 4.35. The summed E-state index contributed by atoms with van der Waals surface area (Å²) >= 11 is 0. The van der Waals surface area contributed by atoms with Gasteiger partial charge in [0.25, 0.3) is 0 Å². The highest BCUT2D eigenvalue weighted by Gasteiger charge is 2.56. The van der Waals surface area contributed by atoms with Crippen molar-refractivity contribution in [1.29, 1.82) is 0 Å². The number of carboxylic acid groups (broad SMARTS) is 3. The summed E-state index contributed by atoms with van der Waals surface area (Å²) in [5, 5.41) is 30.8. The van der Waals surface area contributed by atoms with Crippen LogP contribution in [0.4, 0.5) is 9.59 Å². The minimum absolute atomic E-state index is 0.0498. The molecule has 1 aromatic rings. The molecule has 1 saturated heterocycles. The first-order chi connectivity index (χ1) is 13.8. The molecule has 1 aliphatic rings. The number of nitrogens with one attached hydrogen (secondary N) is 1. The normalized spacial score (nSPS) is 21.0. The summed E-state index contributed by atoms with van der Waals surface area (Å²) in [6.07, 6.45) is -2.82. The van der Waals surface area contributed by atoms with Crippen LogP contribution in [0.2, 0.25) is 0 Å². The van der Waals surface area contributed by atoms with E-state index in [0.717, 1.165) is 0 Å². The van der Waals surface area contributed by atoms with E-state index in [9.17, 15) is 34.5 Å². The lowest BCUT2D eigenvalue weighted by molar-refractivity contribution is -0.154. The highest BCUT2D eigenvalue weighted by Crippen LogP contribution is 2.34. The number of aliphatic carboxylic acids is 2. The van der Waals surface area contributed by atoms with E-state index in [0.29, 0.717) is 10.5 Å². The molecule has 2 atom stereocenters. The average molecular weight is 424 g/mol. The number of benzene rings is 1. The third kappa shape index (κ3) is 5.31. The standard InChI is InChI=1S/C19H24N2O9/c1-18(2,3)30-16(26)20-9-11-6-4-5-7-13(11)29-19(15(24)25)8-12(14(22)23)21(10-19)17(27)28/h4-7,12H,8-10H2,1-3H3,(H,20,26)(H,22,23)(H,24,25)(H,27,28)/t12-,19+/m0/s1. The Bertz CT molecular complexity index is 825. The number of nitrogens with zero attached hydrogens (tertiary/aromatic N) is 1. The van der Waals surface area contributed by atoms with Crippen LogP contribution in [0.1, 0.15) is 32.8 Å². The molecule has 2 rings (SSSR count). The first-order valence-corrected chi connectivity index (χ1v) is 9.04. The molecule has 0 aliphatic carbocycles. The maximum Gasteiger partial charge on any atom is 0.408 e. The molecule has 1 aliphatic heterocycles. The summed E-state index contributed by atoms with van der Waals surface area (Å²) in [6, 6.07) is 4.69. The van der Waals surface area contributed by atoms with Crippen LogP contribution in [0, 0.1) is 0 Å². The summed E-state index contributed by atoms with van der Waals surface area (Å²) in [5.41, 5.74) is -2.39. The number of para-hydroxylation sites is 1. The van der Waals surface area contributed by atoms with Crippen LogP contribution in [0.15, 0.2) is 24.3 Å². The van der Waals surface area contributed by atoms with Gasteiger partial charge in [-0.3, -0.25) is 4.90 Å². The van der Waals surface area contributed by atoms with Crippen LogP contribution in [-0.2, 0) is 20.9 Å². The maximum absolute atomic E-state index is 12.0. The summed E-state index contributed by atoms with van der Waals surface area (Å²) in [6.45, 7) is 4.39. The molecule has 1 fully saturated rings. The fraction of sp³-hybridized carbons (Fsp3) is 0.474. The SMILES string of the molecule is CC(C)(C)OC(=O)NCc1ccccc1O[C@]1(C(=O)O)C[C@@H](C(=O)O)N(C(=O)O)C1. The number of hydrogen-bond donors (Lipinski definition) is 4. The third-order valence-corrected chi connectivity index (χ3v) is 4.35. The Morgan fingerprint density at radius 2 is 1.80 bits per heavy atom. The quantitative estimate of drug-likeness (QED) is 0.533. The molecule has 11 heteroatoms. The molecule has 164 valence electrons. The smallest absolute Gasteiger partial charge is 0.408 e. The number of likely N-dealkylation sites (tertiary alicyclic amines) is 1. The van der Waals surface area contributed by atoms with Crippen molar-refractivity contribution in [3.63, 3.8) is 0 Å². The van der Waals surface area contributed by atoms with E-state index in [-0.39, 0.29) is 12.3 Å². The van der Waals surface area contributed by atoms with Gasteiger partial charge in [-0.25, -0.2) is 19.2 Å². The van der Waals surface area contributed by atoms with Crippen LogP contribution < -0.4 is 10.1 Å². The van der Waals surface area contributed by atoms with Crippen molar-refractivity contribution in [3.8, 4) is 5.75 Å². The van der Waals surface area contributed by atoms with Gasteiger partial charge in [-0.2, -0.15) is 0 Å². The number of ether oxygens (including phenoxy) is 2. The molecule has 11 nitrogen and oxygen atoms in total. The highest BCUT2D eigenvalue weighted by molar-refractivity contribution is 5.86. The van der Waals surface area contributed by atoms with Crippen LogP contribution in [0.3, 0.4) is 0 Å². The van der Waals surface area contributed by atoms with E-state index in [1.54, 1.807) is 39.0 Å². The van der Waals surface area contributed by atoms with Crippen molar-refractivity contribution in [2.24, 2.45) is 0 Å². The Hall–Kier alpha value is -3.50. The maximum atomic E-state index is 12.0. The van der Waals surface area contributed by atoms with Gasteiger partial charge in [0.15, 0.2) is 0 Å². The van der Waals surface area contributed by atoms with Crippen molar-refractivity contribution < 1.29 is 44.0 Å². The lowest BCUT2D eigenvalue weighted by Gasteiger charge is -2.27. The first-order valence-electron chi connectivity index (χ1n) is 9.04. The number of carbonyl (C=O) groups is 4. The molecule has 0 bridgehead atoms. The predicted molar refractivity (Wildman–Crippen MR) is 101 cm³/mol. The van der Waals surface area contributed by atoms with Gasteiger partial charge < -0.3 is 30.1 Å². The Morgan fingerprint density at radius 3 is 2.30 bits per heavy atom. The molecule has 0 radical (unpaired) electrons. The number of hydrogen-bond acceptors (Lipinski definition) is 6. The Kier molecular flexibility index (Phi) is 6.44. The molecule has 2 amide bonds. The topological polar surface area (TPSA) is 163 Å². The minimum Gasteiger partial charge on any atom is -0.480 e. The summed E-state index contributed by atoms with van der Waals surface area (Å²) in [5.74, 6) is -2.89. The monoisotopic (exact) mass is 424 g/mol. The Labute approximate surface area is 172 Å². The minimum atomic E-state index is -2.09. The summed E-state index contributed by atoms with van der Waals surface area (Å²) < 4.78 is 10.8. The van der Waals surface area contributed by atoms with Gasteiger partial charge in [-0.1, -0.05) is 18.2 Å². The Morgan fingerprint density at radius 1 is 1.17 bits per heavy atom. The van der Waals surface area contributed by atoms with Gasteiger partial charge in [0, 0.05) is 18.5 Å². The number of alkyl carbamates (subject to hydrolysis) is 1. The zero-order valence-electron chi connectivity index (χ0n) is 16.7. The molecule has 0 aromatic heterocycles. The molecular formula is C19H24N2O9. The largest absolute Gasteiger partial charge is 0.480 e. The van der Waals surface area contributed by atoms with Crippen LogP contribution in [0.25, 0.3) is 0 Å². The average Bonchev–Trinajstić information content (AvgIpc) is 3.01. The van der Waals surface area contributed by atoms with Gasteiger partial charge in [0.05, 0.1) is 6.54 Å². The van der Waals surface area contributed by atoms with Gasteiger partial charge in [0.1, 0.15) is 17.4 Å². The second kappa shape index (κ2) is 8.47. The second-order valence-electron chi connectivity index (χ2n) is 7.83. The zero-order chi connectivity index (χ0) is 22.7. The van der Waals surface area contributed by atoms with Crippen molar-refractivity contribution in [3.05, 3.63) is 29.8 Å². The highest BCUT2D eigenvalue weighted by atomic mass is 16.6. The number of amides is 2. The Balaban J connectivity index is 2.25. The van der Waals surface area contributed by atoms with E-state index in [1.165, 1.54) is 6.07 Å². The predicted octanol–water partition coefficient (Wildman–Crippen LogP) is 1.75. The van der Waals surface area contributed by atoms with Gasteiger partial charge in [0.2, 0.25) is 5.60 Å². The molecule has 0 unspecified atom stereocenters. The zero-order valence-corrected chi connectivity index (χ0v) is 16.7. The van der Waals surface area contributed by atoms with E-state index in [2.05, 4.69) is 5.32 Å². The molecule has 1 heterocycles. The molecule has 30 heavy (non-hydrogen) atoms. The molecular weight excluding hydrogens is 400 g/mol. The molecule has 0 spiro atoms. The van der Waals surface area contributed by atoms with Crippen molar-refractivity contribution in [1.82, 2.24) is 10.2 Å². The first kappa shape index (κ1) is 22.8. The number of carboxylic acids is 2. The van der Waals surface area contributed by atoms with Crippen LogP contribution in [0.5, 0.6) is 5.75 Å². The summed E-state index contributed by atoms with van der Waals surface area (Å²) in [7, 11) is 0. The van der Waals surface area contributed by atoms with E-state index < -0.39 is 54.3 Å². The van der Waals surface area contributed by atoms with Crippen LogP contribution >= 0.6 is 0 Å². The molecule has 4 N–H and O–H groups in total. The lowest BCUT2D eigenvalue weighted by Crippen LogP contribution is -2.48. The molecule has 0 saturated carbocycles. The van der Waals surface area contributed by atoms with Crippen molar-refractivity contribution in [2.75, 3.05) is 6.54 Å². The lowest BCUT2D eigenvalue weighted by atomic mass is 9.99. The van der Waals surface area contributed by atoms with Gasteiger partial charge >= 0.3 is 24.1 Å². The van der Waals surface area contributed by atoms with Crippen molar-refractivity contribution in [2.45, 2.75) is 51.0 Å². The van der Waals surface area contributed by atoms with E-state index in [1.807, 2.05) is 0 Å². The number of rotatable bonds is 6. The van der Waals surface area contributed by atoms with Crippen LogP contribution in [-0.4, -0.2) is 68.1 Å². The van der Waals surface area contributed by atoms with E-state index >= 15 is 0 Å². The fourth-order valence-electron chi connectivity index (χ4n) is 3.01. The number of carbonyl (C=O) groups excluding carboxylic acids is 1.